The van der Waals surface area contributed by atoms with Crippen LogP contribution in [0.3, 0.4) is 0 Å². The van der Waals surface area contributed by atoms with Gasteiger partial charge < -0.3 is 4.90 Å². The predicted octanol–water partition coefficient (Wildman–Crippen LogP) is 4.33. The van der Waals surface area contributed by atoms with E-state index in [1.165, 1.54) is 5.69 Å². The summed E-state index contributed by atoms with van der Waals surface area (Å²) in [5.74, 6) is 1.09. The van der Waals surface area contributed by atoms with Gasteiger partial charge in [-0.2, -0.15) is 0 Å². The molecule has 0 amide bonds. The molecular weight excluding hydrogens is 234 g/mol. The second-order valence-electron chi connectivity index (χ2n) is 3.91. The lowest BCUT2D eigenvalue weighted by atomic mass is 10.2. The Hall–Kier alpha value is -0.540. The quantitative estimate of drug-likeness (QED) is 0.735. The molecule has 0 radical (unpaired) electrons. The van der Waals surface area contributed by atoms with E-state index in [1.807, 2.05) is 6.07 Å². The van der Waals surface area contributed by atoms with E-state index in [9.17, 15) is 0 Å². The van der Waals surface area contributed by atoms with E-state index in [4.69, 9.17) is 12.2 Å². The van der Waals surface area contributed by atoms with Crippen molar-refractivity contribution in [3.63, 3.8) is 0 Å². The van der Waals surface area contributed by atoms with Crippen molar-refractivity contribution >= 4 is 34.0 Å². The van der Waals surface area contributed by atoms with Gasteiger partial charge in [0.1, 0.15) is 4.32 Å². The molecule has 0 heterocycles. The van der Waals surface area contributed by atoms with Gasteiger partial charge in [-0.05, 0) is 38.2 Å². The fraction of sp³-hybridized carbons (Fsp3) is 0.462. The summed E-state index contributed by atoms with van der Waals surface area (Å²) in [5.41, 5.74) is 1.19. The number of para-hydroxylation sites is 1. The van der Waals surface area contributed by atoms with Crippen LogP contribution in [0.2, 0.25) is 0 Å². The van der Waals surface area contributed by atoms with Crippen LogP contribution in [0.1, 0.15) is 27.2 Å². The molecule has 0 saturated heterocycles. The first-order valence-corrected chi connectivity index (χ1v) is 7.07. The lowest BCUT2D eigenvalue weighted by Crippen LogP contribution is -2.34. The van der Waals surface area contributed by atoms with Gasteiger partial charge in [-0.1, -0.05) is 49.1 Å². The SMILES string of the molecule is CCCSC(=S)N(c1ccccc1)C(C)C. The molecule has 0 aliphatic carbocycles. The van der Waals surface area contributed by atoms with Gasteiger partial charge in [0.15, 0.2) is 0 Å². The normalized spacial score (nSPS) is 10.5. The third-order valence-electron chi connectivity index (χ3n) is 2.18. The highest BCUT2D eigenvalue weighted by Crippen LogP contribution is 2.22. The molecule has 0 aromatic heterocycles. The largest absolute Gasteiger partial charge is 0.325 e. The number of anilines is 1. The average molecular weight is 253 g/mol. The summed E-state index contributed by atoms with van der Waals surface area (Å²) >= 11 is 7.25. The Bertz CT molecular complexity index is 322. The lowest BCUT2D eigenvalue weighted by Gasteiger charge is -2.28. The third kappa shape index (κ3) is 3.80. The second-order valence-corrected chi connectivity index (χ2v) is 5.64. The fourth-order valence-electron chi connectivity index (χ4n) is 1.46. The number of hydrogen-bond acceptors (Lipinski definition) is 2. The van der Waals surface area contributed by atoms with E-state index < -0.39 is 0 Å². The first-order chi connectivity index (χ1) is 7.66. The lowest BCUT2D eigenvalue weighted by molar-refractivity contribution is 0.817. The molecule has 1 aromatic carbocycles. The highest BCUT2D eigenvalue weighted by Gasteiger charge is 2.15. The van der Waals surface area contributed by atoms with E-state index in [0.29, 0.717) is 6.04 Å². The molecule has 16 heavy (non-hydrogen) atoms. The molecule has 0 unspecified atom stereocenters. The van der Waals surface area contributed by atoms with Crippen molar-refractivity contribution in [3.05, 3.63) is 30.3 Å². The Morgan fingerprint density at radius 3 is 2.44 bits per heavy atom. The van der Waals surface area contributed by atoms with Crippen LogP contribution >= 0.6 is 24.0 Å². The minimum atomic E-state index is 0.402. The van der Waals surface area contributed by atoms with Gasteiger partial charge in [-0.3, -0.25) is 0 Å². The molecule has 1 rings (SSSR count). The molecule has 3 heteroatoms. The zero-order chi connectivity index (χ0) is 12.0. The van der Waals surface area contributed by atoms with Crippen molar-refractivity contribution in [2.75, 3.05) is 10.7 Å². The molecule has 0 bridgehead atoms. The van der Waals surface area contributed by atoms with Crippen LogP contribution in [0.25, 0.3) is 0 Å². The van der Waals surface area contributed by atoms with Crippen LogP contribution in [-0.2, 0) is 0 Å². The maximum absolute atomic E-state index is 5.49. The van der Waals surface area contributed by atoms with Crippen molar-refractivity contribution < 1.29 is 0 Å². The molecular formula is C13H19NS2. The van der Waals surface area contributed by atoms with Crippen LogP contribution in [-0.4, -0.2) is 16.1 Å². The van der Waals surface area contributed by atoms with E-state index in [0.717, 1.165) is 16.5 Å². The molecule has 88 valence electrons. The molecule has 1 nitrogen and oxygen atoms in total. The van der Waals surface area contributed by atoms with Crippen molar-refractivity contribution in [2.24, 2.45) is 0 Å². The maximum atomic E-state index is 5.49. The molecule has 0 aliphatic heterocycles. The number of thiocarbonyl (C=S) groups is 1. The summed E-state index contributed by atoms with van der Waals surface area (Å²) in [4.78, 5) is 2.22. The van der Waals surface area contributed by atoms with Crippen molar-refractivity contribution in [3.8, 4) is 0 Å². The van der Waals surface area contributed by atoms with Crippen LogP contribution < -0.4 is 4.90 Å². The Labute approximate surface area is 108 Å². The molecule has 0 N–H and O–H groups in total. The van der Waals surface area contributed by atoms with Gasteiger partial charge in [0.2, 0.25) is 0 Å². The van der Waals surface area contributed by atoms with Gasteiger partial charge in [0, 0.05) is 11.7 Å². The summed E-state index contributed by atoms with van der Waals surface area (Å²) in [6, 6.07) is 10.8. The first kappa shape index (κ1) is 13.5. The van der Waals surface area contributed by atoms with Gasteiger partial charge in [0.25, 0.3) is 0 Å². The average Bonchev–Trinajstić information content (AvgIpc) is 2.27. The highest BCUT2D eigenvalue weighted by molar-refractivity contribution is 8.23. The van der Waals surface area contributed by atoms with Gasteiger partial charge in [0.05, 0.1) is 0 Å². The smallest absolute Gasteiger partial charge is 0.141 e. The zero-order valence-corrected chi connectivity index (χ0v) is 11.8. The van der Waals surface area contributed by atoms with E-state index in [-0.39, 0.29) is 0 Å². The number of benzene rings is 1. The Balaban J connectivity index is 2.79. The summed E-state index contributed by atoms with van der Waals surface area (Å²) < 4.78 is 0.975. The zero-order valence-electron chi connectivity index (χ0n) is 10.1. The van der Waals surface area contributed by atoms with Gasteiger partial charge >= 0.3 is 0 Å². The van der Waals surface area contributed by atoms with Crippen molar-refractivity contribution in [1.82, 2.24) is 0 Å². The minimum Gasteiger partial charge on any atom is -0.325 e. The summed E-state index contributed by atoms with van der Waals surface area (Å²) in [6.07, 6.45) is 1.16. The summed E-state index contributed by atoms with van der Waals surface area (Å²) in [5, 5.41) is 0. The second kappa shape index (κ2) is 6.92. The molecule has 1 aromatic rings. The van der Waals surface area contributed by atoms with Crippen LogP contribution in [0.15, 0.2) is 30.3 Å². The topological polar surface area (TPSA) is 3.24 Å². The summed E-state index contributed by atoms with van der Waals surface area (Å²) in [6.45, 7) is 6.52. The monoisotopic (exact) mass is 253 g/mol. The number of rotatable bonds is 4. The molecule has 0 saturated carbocycles. The van der Waals surface area contributed by atoms with Crippen molar-refractivity contribution in [1.29, 1.82) is 0 Å². The van der Waals surface area contributed by atoms with Gasteiger partial charge in [-0.15, -0.1) is 0 Å². The van der Waals surface area contributed by atoms with E-state index in [1.54, 1.807) is 11.8 Å². The Kier molecular flexibility index (Phi) is 5.85. The Morgan fingerprint density at radius 1 is 1.31 bits per heavy atom. The highest BCUT2D eigenvalue weighted by atomic mass is 32.2. The fourth-order valence-corrected chi connectivity index (χ4v) is 2.86. The van der Waals surface area contributed by atoms with Crippen LogP contribution in [0.4, 0.5) is 5.69 Å². The number of thioether (sulfide) groups is 1. The number of nitrogens with zero attached hydrogens (tertiary/aromatic N) is 1. The van der Waals surface area contributed by atoms with E-state index in [2.05, 4.69) is 49.9 Å². The molecule has 0 aliphatic rings. The summed E-state index contributed by atoms with van der Waals surface area (Å²) in [7, 11) is 0. The first-order valence-electron chi connectivity index (χ1n) is 5.67. The van der Waals surface area contributed by atoms with Gasteiger partial charge in [-0.25, -0.2) is 0 Å². The predicted molar refractivity (Wildman–Crippen MR) is 79.4 cm³/mol. The standard InChI is InChI=1S/C13H19NS2/c1-4-10-16-13(15)14(11(2)3)12-8-6-5-7-9-12/h5-9,11H,4,10H2,1-3H3. The van der Waals surface area contributed by atoms with Crippen LogP contribution in [0.5, 0.6) is 0 Å². The van der Waals surface area contributed by atoms with Crippen molar-refractivity contribution in [2.45, 2.75) is 33.2 Å². The molecule has 0 atom stereocenters. The van der Waals surface area contributed by atoms with E-state index >= 15 is 0 Å². The Morgan fingerprint density at radius 2 is 1.94 bits per heavy atom. The maximum Gasteiger partial charge on any atom is 0.141 e. The minimum absolute atomic E-state index is 0.402. The molecule has 0 spiro atoms. The van der Waals surface area contributed by atoms with Crippen LogP contribution in [0, 0.1) is 0 Å². The third-order valence-corrected chi connectivity index (χ3v) is 3.78. The number of hydrogen-bond donors (Lipinski definition) is 0. The molecule has 0 fully saturated rings.